The summed E-state index contributed by atoms with van der Waals surface area (Å²) in [6.07, 6.45) is -0.952. The van der Waals surface area contributed by atoms with Gasteiger partial charge in [0.1, 0.15) is 5.82 Å². The Kier molecular flexibility index (Phi) is 5.40. The third kappa shape index (κ3) is 3.77. The SMILES string of the molecule is CC(NC(=O)c1c(F)cccc1Cl)C(O)c1ccc(Cl)cc1. The molecule has 0 radical (unpaired) electrons. The van der Waals surface area contributed by atoms with Gasteiger partial charge in [-0.1, -0.05) is 41.4 Å². The summed E-state index contributed by atoms with van der Waals surface area (Å²) in [5.41, 5.74) is 0.358. The third-order valence-corrected chi connectivity index (χ3v) is 3.80. The molecular weight excluding hydrogens is 328 g/mol. The largest absolute Gasteiger partial charge is 0.386 e. The molecule has 0 aliphatic heterocycles. The van der Waals surface area contributed by atoms with Crippen molar-refractivity contribution < 1.29 is 14.3 Å². The van der Waals surface area contributed by atoms with Gasteiger partial charge in [0.2, 0.25) is 0 Å². The van der Waals surface area contributed by atoms with Crippen LogP contribution in [0.4, 0.5) is 4.39 Å². The first kappa shape index (κ1) is 16.7. The summed E-state index contributed by atoms with van der Waals surface area (Å²) >= 11 is 11.6. The molecule has 2 atom stereocenters. The normalized spacial score (nSPS) is 13.5. The van der Waals surface area contributed by atoms with E-state index < -0.39 is 23.9 Å². The van der Waals surface area contributed by atoms with E-state index in [2.05, 4.69) is 5.32 Å². The lowest BCUT2D eigenvalue weighted by atomic mass is 10.0. The van der Waals surface area contributed by atoms with Crippen LogP contribution in [-0.2, 0) is 0 Å². The first-order valence-corrected chi connectivity index (χ1v) is 7.34. The van der Waals surface area contributed by atoms with Gasteiger partial charge in [0.15, 0.2) is 0 Å². The van der Waals surface area contributed by atoms with Crippen molar-refractivity contribution in [1.82, 2.24) is 5.32 Å². The molecule has 22 heavy (non-hydrogen) atoms. The highest BCUT2D eigenvalue weighted by molar-refractivity contribution is 6.33. The van der Waals surface area contributed by atoms with Gasteiger partial charge in [-0.3, -0.25) is 4.79 Å². The molecule has 0 spiro atoms. The predicted octanol–water partition coefficient (Wildman–Crippen LogP) is 3.98. The van der Waals surface area contributed by atoms with Gasteiger partial charge < -0.3 is 10.4 Å². The number of hydrogen-bond acceptors (Lipinski definition) is 2. The van der Waals surface area contributed by atoms with Gasteiger partial charge in [0.25, 0.3) is 5.91 Å². The number of benzene rings is 2. The lowest BCUT2D eigenvalue weighted by Crippen LogP contribution is -2.37. The zero-order valence-corrected chi connectivity index (χ0v) is 13.2. The van der Waals surface area contributed by atoms with Crippen LogP contribution in [0.2, 0.25) is 10.0 Å². The van der Waals surface area contributed by atoms with Crippen LogP contribution < -0.4 is 5.32 Å². The van der Waals surface area contributed by atoms with Gasteiger partial charge in [-0.15, -0.1) is 0 Å². The highest BCUT2D eigenvalue weighted by atomic mass is 35.5. The van der Waals surface area contributed by atoms with Crippen LogP contribution in [-0.4, -0.2) is 17.1 Å². The molecule has 3 nitrogen and oxygen atoms in total. The second-order valence-electron chi connectivity index (χ2n) is 4.86. The predicted molar refractivity (Wildman–Crippen MR) is 84.8 cm³/mol. The van der Waals surface area contributed by atoms with Gasteiger partial charge in [0.05, 0.1) is 22.7 Å². The van der Waals surface area contributed by atoms with E-state index in [-0.39, 0.29) is 10.6 Å². The molecule has 6 heteroatoms. The minimum atomic E-state index is -0.952. The Morgan fingerprint density at radius 1 is 1.18 bits per heavy atom. The summed E-state index contributed by atoms with van der Waals surface area (Å²) in [6.45, 7) is 1.62. The van der Waals surface area contributed by atoms with Crippen molar-refractivity contribution in [3.8, 4) is 0 Å². The monoisotopic (exact) mass is 341 g/mol. The Balaban J connectivity index is 2.12. The van der Waals surface area contributed by atoms with Gasteiger partial charge in [0, 0.05) is 5.02 Å². The van der Waals surface area contributed by atoms with E-state index in [4.69, 9.17) is 23.2 Å². The highest BCUT2D eigenvalue weighted by Crippen LogP contribution is 2.22. The Labute approximate surface area is 137 Å². The van der Waals surface area contributed by atoms with Gasteiger partial charge in [-0.25, -0.2) is 4.39 Å². The molecule has 0 aromatic heterocycles. The number of carbonyl (C=O) groups excluding carboxylic acids is 1. The topological polar surface area (TPSA) is 49.3 Å². The van der Waals surface area contributed by atoms with Crippen molar-refractivity contribution in [3.63, 3.8) is 0 Å². The Bertz CT molecular complexity index is 656. The van der Waals surface area contributed by atoms with Crippen LogP contribution >= 0.6 is 23.2 Å². The summed E-state index contributed by atoms with van der Waals surface area (Å²) in [7, 11) is 0. The molecule has 0 heterocycles. The molecule has 2 aromatic rings. The molecule has 1 amide bonds. The second kappa shape index (κ2) is 7.09. The number of amides is 1. The van der Waals surface area contributed by atoms with E-state index in [1.54, 1.807) is 31.2 Å². The minimum Gasteiger partial charge on any atom is -0.386 e. The van der Waals surface area contributed by atoms with Crippen LogP contribution in [0.25, 0.3) is 0 Å². The molecule has 2 unspecified atom stereocenters. The zero-order chi connectivity index (χ0) is 16.3. The lowest BCUT2D eigenvalue weighted by molar-refractivity contribution is 0.0848. The van der Waals surface area contributed by atoms with E-state index in [0.29, 0.717) is 10.6 Å². The Morgan fingerprint density at radius 3 is 2.41 bits per heavy atom. The number of nitrogens with one attached hydrogen (secondary N) is 1. The van der Waals surface area contributed by atoms with Crippen LogP contribution in [0.15, 0.2) is 42.5 Å². The Morgan fingerprint density at radius 2 is 1.82 bits per heavy atom. The number of aliphatic hydroxyl groups is 1. The quantitative estimate of drug-likeness (QED) is 0.883. The van der Waals surface area contributed by atoms with Crippen molar-refractivity contribution >= 4 is 29.1 Å². The molecule has 0 saturated carbocycles. The summed E-state index contributed by atoms with van der Waals surface area (Å²) < 4.78 is 13.7. The van der Waals surface area contributed by atoms with Crippen molar-refractivity contribution in [3.05, 3.63) is 69.5 Å². The molecule has 116 valence electrons. The molecule has 2 N–H and O–H groups in total. The maximum atomic E-state index is 13.7. The fourth-order valence-electron chi connectivity index (χ4n) is 2.02. The number of rotatable bonds is 4. The minimum absolute atomic E-state index is 0.0192. The molecule has 2 rings (SSSR count). The average molecular weight is 342 g/mol. The molecule has 0 saturated heterocycles. The van der Waals surface area contributed by atoms with Crippen LogP contribution in [0.5, 0.6) is 0 Å². The molecule has 0 fully saturated rings. The second-order valence-corrected chi connectivity index (χ2v) is 5.70. The summed E-state index contributed by atoms with van der Waals surface area (Å²) in [6, 6.07) is 9.97. The summed E-state index contributed by atoms with van der Waals surface area (Å²) in [5.74, 6) is -1.39. The first-order valence-electron chi connectivity index (χ1n) is 6.58. The molecule has 0 aliphatic rings. The fourth-order valence-corrected chi connectivity index (χ4v) is 2.40. The van der Waals surface area contributed by atoms with Gasteiger partial charge >= 0.3 is 0 Å². The highest BCUT2D eigenvalue weighted by Gasteiger charge is 2.22. The number of carbonyl (C=O) groups is 1. The molecule has 2 aromatic carbocycles. The molecule has 0 bridgehead atoms. The number of hydrogen-bond donors (Lipinski definition) is 2. The zero-order valence-electron chi connectivity index (χ0n) is 11.7. The van der Waals surface area contributed by atoms with Crippen LogP contribution in [0.1, 0.15) is 28.9 Å². The van der Waals surface area contributed by atoms with Crippen LogP contribution in [0.3, 0.4) is 0 Å². The standard InChI is InChI=1S/C16H14Cl2FNO2/c1-9(15(21)10-5-7-11(17)8-6-10)20-16(22)14-12(18)3-2-4-13(14)19/h2-9,15,21H,1H3,(H,20,22). The lowest BCUT2D eigenvalue weighted by Gasteiger charge is -2.21. The fraction of sp³-hybridized carbons (Fsp3) is 0.188. The molecule has 0 aliphatic carbocycles. The van der Waals surface area contributed by atoms with Crippen molar-refractivity contribution in [2.45, 2.75) is 19.1 Å². The first-order chi connectivity index (χ1) is 10.4. The van der Waals surface area contributed by atoms with E-state index >= 15 is 0 Å². The summed E-state index contributed by atoms with van der Waals surface area (Å²) in [5, 5.41) is 13.3. The maximum absolute atomic E-state index is 13.7. The van der Waals surface area contributed by atoms with Gasteiger partial charge in [-0.05, 0) is 36.8 Å². The number of aliphatic hydroxyl groups excluding tert-OH is 1. The summed E-state index contributed by atoms with van der Waals surface area (Å²) in [4.78, 5) is 12.1. The van der Waals surface area contributed by atoms with E-state index in [1.165, 1.54) is 12.1 Å². The third-order valence-electron chi connectivity index (χ3n) is 3.23. The van der Waals surface area contributed by atoms with E-state index in [0.717, 1.165) is 6.07 Å². The maximum Gasteiger partial charge on any atom is 0.256 e. The van der Waals surface area contributed by atoms with Gasteiger partial charge in [-0.2, -0.15) is 0 Å². The smallest absolute Gasteiger partial charge is 0.256 e. The number of halogens is 3. The van der Waals surface area contributed by atoms with Crippen molar-refractivity contribution in [2.24, 2.45) is 0 Å². The van der Waals surface area contributed by atoms with E-state index in [1.807, 2.05) is 0 Å². The van der Waals surface area contributed by atoms with Crippen LogP contribution in [0, 0.1) is 5.82 Å². The van der Waals surface area contributed by atoms with E-state index in [9.17, 15) is 14.3 Å². The average Bonchev–Trinajstić information content (AvgIpc) is 2.47. The van der Waals surface area contributed by atoms with Crippen molar-refractivity contribution in [1.29, 1.82) is 0 Å². The van der Waals surface area contributed by atoms with Crippen molar-refractivity contribution in [2.75, 3.05) is 0 Å². The Hall–Kier alpha value is -1.62. The molecular formula is C16H14Cl2FNO2.